The van der Waals surface area contributed by atoms with Gasteiger partial charge in [-0.05, 0) is 31.0 Å². The molecule has 0 spiro atoms. The predicted octanol–water partition coefficient (Wildman–Crippen LogP) is 2.17. The molecule has 0 aliphatic carbocycles. The van der Waals surface area contributed by atoms with E-state index in [0.717, 1.165) is 23.7 Å². The number of piperidine rings is 1. The average molecular weight is 294 g/mol. The molecular formula is C13H16ClN5O. The Hall–Kier alpha value is -1.79. The number of hydrogen-bond donors (Lipinski definition) is 3. The fraction of sp³-hybridized carbons (Fsp3) is 0.385. The Morgan fingerprint density at radius 1 is 1.45 bits per heavy atom. The van der Waals surface area contributed by atoms with Gasteiger partial charge in [0.15, 0.2) is 5.82 Å². The van der Waals surface area contributed by atoms with Gasteiger partial charge in [0.1, 0.15) is 0 Å². The Morgan fingerprint density at radius 3 is 2.95 bits per heavy atom. The monoisotopic (exact) mass is 293 g/mol. The van der Waals surface area contributed by atoms with Crippen LogP contribution < -0.4 is 11.1 Å². The zero-order valence-electron chi connectivity index (χ0n) is 10.9. The molecule has 0 atom stereocenters. The minimum absolute atomic E-state index is 0.139. The van der Waals surface area contributed by atoms with Crippen LogP contribution in [0, 0.1) is 0 Å². The molecule has 0 bridgehead atoms. The Balaban J connectivity index is 1.74. The summed E-state index contributed by atoms with van der Waals surface area (Å²) in [6.07, 6.45) is 1.68. The van der Waals surface area contributed by atoms with Crippen molar-refractivity contribution in [3.63, 3.8) is 0 Å². The second kappa shape index (κ2) is 5.30. The third kappa shape index (κ3) is 2.57. The van der Waals surface area contributed by atoms with Gasteiger partial charge in [0.05, 0.1) is 5.52 Å². The SMILES string of the molecule is NC1CCN(C(=O)Nc2n[nH]c3cc(Cl)ccc23)CC1. The molecule has 0 saturated carbocycles. The van der Waals surface area contributed by atoms with Crippen molar-refractivity contribution in [1.29, 1.82) is 0 Å². The molecule has 7 heteroatoms. The Morgan fingerprint density at radius 2 is 2.20 bits per heavy atom. The minimum atomic E-state index is -0.139. The molecule has 4 N–H and O–H groups in total. The van der Waals surface area contributed by atoms with Crippen LogP contribution in [0.5, 0.6) is 0 Å². The first-order valence-corrected chi connectivity index (χ1v) is 6.96. The number of H-pyrrole nitrogens is 1. The van der Waals surface area contributed by atoms with Crippen LogP contribution in [0.3, 0.4) is 0 Å². The minimum Gasteiger partial charge on any atom is -0.328 e. The molecule has 0 unspecified atom stereocenters. The van der Waals surface area contributed by atoms with Gasteiger partial charge in [-0.25, -0.2) is 4.79 Å². The van der Waals surface area contributed by atoms with Crippen LogP contribution in [-0.2, 0) is 0 Å². The van der Waals surface area contributed by atoms with Crippen molar-refractivity contribution < 1.29 is 4.79 Å². The maximum absolute atomic E-state index is 12.2. The topological polar surface area (TPSA) is 87.0 Å². The maximum atomic E-state index is 12.2. The Bertz CT molecular complexity index is 633. The average Bonchev–Trinajstić information content (AvgIpc) is 2.81. The number of urea groups is 1. The summed E-state index contributed by atoms with van der Waals surface area (Å²) in [5, 5.41) is 11.3. The van der Waals surface area contributed by atoms with Crippen LogP contribution in [0.25, 0.3) is 10.9 Å². The summed E-state index contributed by atoms with van der Waals surface area (Å²) < 4.78 is 0. The molecule has 1 aromatic carbocycles. The lowest BCUT2D eigenvalue weighted by Gasteiger charge is -2.29. The number of nitrogens with two attached hydrogens (primary N) is 1. The second-order valence-electron chi connectivity index (χ2n) is 5.02. The molecule has 1 saturated heterocycles. The van der Waals surface area contributed by atoms with Gasteiger partial charge >= 0.3 is 6.03 Å². The van der Waals surface area contributed by atoms with Crippen molar-refractivity contribution in [3.8, 4) is 0 Å². The lowest BCUT2D eigenvalue weighted by molar-refractivity contribution is 0.195. The van der Waals surface area contributed by atoms with Gasteiger partial charge in [0.25, 0.3) is 0 Å². The number of aromatic nitrogens is 2. The maximum Gasteiger partial charge on any atom is 0.323 e. The van der Waals surface area contributed by atoms with Gasteiger partial charge in [-0.1, -0.05) is 11.6 Å². The molecule has 106 valence electrons. The second-order valence-corrected chi connectivity index (χ2v) is 5.45. The van der Waals surface area contributed by atoms with Crippen LogP contribution in [0.2, 0.25) is 5.02 Å². The quantitative estimate of drug-likeness (QED) is 0.753. The van der Waals surface area contributed by atoms with E-state index in [-0.39, 0.29) is 12.1 Å². The summed E-state index contributed by atoms with van der Waals surface area (Å²) >= 11 is 5.91. The molecular weight excluding hydrogens is 278 g/mol. The van der Waals surface area contributed by atoms with Crippen LogP contribution in [0.4, 0.5) is 10.6 Å². The molecule has 3 rings (SSSR count). The number of nitrogens with zero attached hydrogens (tertiary/aromatic N) is 2. The number of carbonyl (C=O) groups is 1. The highest BCUT2D eigenvalue weighted by Crippen LogP contribution is 2.24. The Labute approximate surface area is 121 Å². The van der Waals surface area contributed by atoms with Crippen molar-refractivity contribution in [3.05, 3.63) is 23.2 Å². The zero-order valence-corrected chi connectivity index (χ0v) is 11.7. The summed E-state index contributed by atoms with van der Waals surface area (Å²) in [5.74, 6) is 0.525. The highest BCUT2D eigenvalue weighted by Gasteiger charge is 2.21. The van der Waals surface area contributed by atoms with E-state index in [4.69, 9.17) is 17.3 Å². The number of fused-ring (bicyclic) bond motifs is 1. The number of nitrogens with one attached hydrogen (secondary N) is 2. The lowest BCUT2D eigenvalue weighted by atomic mass is 10.1. The fourth-order valence-electron chi connectivity index (χ4n) is 2.37. The van der Waals surface area contributed by atoms with E-state index in [0.29, 0.717) is 23.9 Å². The molecule has 1 aliphatic heterocycles. The van der Waals surface area contributed by atoms with E-state index in [1.165, 1.54) is 0 Å². The molecule has 1 aromatic heterocycles. The summed E-state index contributed by atoms with van der Waals surface area (Å²) in [5.41, 5.74) is 6.63. The number of amides is 2. The molecule has 1 aliphatic rings. The smallest absolute Gasteiger partial charge is 0.323 e. The molecule has 1 fully saturated rings. The van der Waals surface area contributed by atoms with Gasteiger partial charge in [-0.15, -0.1) is 0 Å². The first kappa shape index (κ1) is 13.2. The van der Waals surface area contributed by atoms with Crippen LogP contribution in [0.1, 0.15) is 12.8 Å². The number of halogens is 1. The first-order valence-electron chi connectivity index (χ1n) is 6.58. The third-order valence-electron chi connectivity index (χ3n) is 3.58. The molecule has 2 aromatic rings. The van der Waals surface area contributed by atoms with Crippen LogP contribution in [0.15, 0.2) is 18.2 Å². The standard InChI is InChI=1S/C13H16ClN5O/c14-8-1-2-10-11(7-8)17-18-12(10)16-13(20)19-5-3-9(15)4-6-19/h1-2,7,9H,3-6,15H2,(H2,16,17,18,20). The number of carbonyl (C=O) groups excluding carboxylic acids is 1. The van der Waals surface area contributed by atoms with Gasteiger partial charge in [-0.3, -0.25) is 10.4 Å². The van der Waals surface area contributed by atoms with E-state index in [1.54, 1.807) is 17.0 Å². The van der Waals surface area contributed by atoms with Gasteiger partial charge in [-0.2, -0.15) is 5.10 Å². The number of benzene rings is 1. The predicted molar refractivity (Wildman–Crippen MR) is 78.9 cm³/mol. The molecule has 0 radical (unpaired) electrons. The van der Waals surface area contributed by atoms with Crippen molar-refractivity contribution in [2.24, 2.45) is 5.73 Å². The van der Waals surface area contributed by atoms with Crippen molar-refractivity contribution in [1.82, 2.24) is 15.1 Å². The van der Waals surface area contributed by atoms with Crippen molar-refractivity contribution in [2.45, 2.75) is 18.9 Å². The lowest BCUT2D eigenvalue weighted by Crippen LogP contribution is -2.44. The fourth-order valence-corrected chi connectivity index (χ4v) is 2.54. The van der Waals surface area contributed by atoms with Gasteiger partial charge in [0.2, 0.25) is 0 Å². The number of anilines is 1. The highest BCUT2D eigenvalue weighted by molar-refractivity contribution is 6.31. The van der Waals surface area contributed by atoms with E-state index >= 15 is 0 Å². The van der Waals surface area contributed by atoms with E-state index in [1.807, 2.05) is 6.07 Å². The summed E-state index contributed by atoms with van der Waals surface area (Å²) in [4.78, 5) is 13.9. The number of rotatable bonds is 1. The zero-order chi connectivity index (χ0) is 14.1. The van der Waals surface area contributed by atoms with Crippen LogP contribution in [-0.4, -0.2) is 40.3 Å². The van der Waals surface area contributed by atoms with E-state index in [9.17, 15) is 4.79 Å². The summed E-state index contributed by atoms with van der Waals surface area (Å²) in [7, 11) is 0. The molecule has 2 heterocycles. The summed E-state index contributed by atoms with van der Waals surface area (Å²) in [6.45, 7) is 1.36. The Kier molecular flexibility index (Phi) is 3.50. The van der Waals surface area contributed by atoms with Gasteiger partial charge < -0.3 is 10.6 Å². The summed E-state index contributed by atoms with van der Waals surface area (Å²) in [6, 6.07) is 5.45. The number of hydrogen-bond acceptors (Lipinski definition) is 3. The van der Waals surface area contributed by atoms with E-state index in [2.05, 4.69) is 15.5 Å². The van der Waals surface area contributed by atoms with E-state index < -0.39 is 0 Å². The third-order valence-corrected chi connectivity index (χ3v) is 3.81. The number of likely N-dealkylation sites (tertiary alicyclic amines) is 1. The van der Waals surface area contributed by atoms with Gasteiger partial charge in [0, 0.05) is 29.5 Å². The molecule has 6 nitrogen and oxygen atoms in total. The molecule has 20 heavy (non-hydrogen) atoms. The highest BCUT2D eigenvalue weighted by atomic mass is 35.5. The van der Waals surface area contributed by atoms with Crippen molar-refractivity contribution in [2.75, 3.05) is 18.4 Å². The normalized spacial score (nSPS) is 16.6. The largest absolute Gasteiger partial charge is 0.328 e. The van der Waals surface area contributed by atoms with Crippen molar-refractivity contribution >= 4 is 34.4 Å². The first-order chi connectivity index (χ1) is 9.63. The molecule has 2 amide bonds. The number of aromatic amines is 1. The van der Waals surface area contributed by atoms with Crippen LogP contribution >= 0.6 is 11.6 Å².